The molecule has 0 spiro atoms. The maximum Gasteiger partial charge on any atom is 0.0555 e. The van der Waals surface area contributed by atoms with Crippen molar-refractivity contribution in [1.82, 2.24) is 0 Å². The molecule has 1 aromatic heterocycles. The molecular weight excluding hydrogens is 671 g/mol. The fourth-order valence-corrected chi connectivity index (χ4v) is 9.67. The van der Waals surface area contributed by atoms with Crippen LogP contribution in [0.4, 0.5) is 17.1 Å². The van der Waals surface area contributed by atoms with Crippen LogP contribution in [0.3, 0.4) is 0 Å². The Balaban J connectivity index is 1.15. The summed E-state index contributed by atoms with van der Waals surface area (Å²) in [5.74, 6) is 0. The fourth-order valence-electron chi connectivity index (χ4n) is 8.52. The van der Waals surface area contributed by atoms with Crippen molar-refractivity contribution in [2.24, 2.45) is 0 Å². The van der Waals surface area contributed by atoms with Crippen molar-refractivity contribution < 1.29 is 0 Å². The van der Waals surface area contributed by atoms with E-state index in [1.54, 1.807) is 0 Å². The predicted molar refractivity (Wildman–Crippen MR) is 235 cm³/mol. The molecular formula is C52H33NS. The summed E-state index contributed by atoms with van der Waals surface area (Å²) < 4.78 is 2.59. The van der Waals surface area contributed by atoms with E-state index in [9.17, 15) is 0 Å². The SMILES string of the molecule is c1ccc(-c2ccccc2N(c2ccc(-c3cc4ccccc4c4c3ccc3ccccc34)cc2)c2cccc3sc4cc5ccccc5cc4c23)cc1. The van der Waals surface area contributed by atoms with Gasteiger partial charge in [-0.05, 0) is 108 Å². The zero-order chi connectivity index (χ0) is 35.6. The van der Waals surface area contributed by atoms with Gasteiger partial charge in [-0.25, -0.2) is 0 Å². The number of hydrogen-bond acceptors (Lipinski definition) is 2. The van der Waals surface area contributed by atoms with Crippen LogP contribution in [0.25, 0.3) is 85.5 Å². The van der Waals surface area contributed by atoms with Crippen molar-refractivity contribution in [2.75, 3.05) is 4.90 Å². The third-order valence-electron chi connectivity index (χ3n) is 11.0. The van der Waals surface area contributed by atoms with Crippen LogP contribution in [0.5, 0.6) is 0 Å². The second-order valence-corrected chi connectivity index (χ2v) is 15.2. The molecule has 0 unspecified atom stereocenters. The lowest BCUT2D eigenvalue weighted by Gasteiger charge is -2.29. The van der Waals surface area contributed by atoms with Gasteiger partial charge in [-0.15, -0.1) is 11.3 Å². The quantitative estimate of drug-likeness (QED) is 0.161. The average Bonchev–Trinajstić information content (AvgIpc) is 3.61. The molecule has 1 heterocycles. The predicted octanol–water partition coefficient (Wildman–Crippen LogP) is 15.5. The number of benzene rings is 10. The number of para-hydroxylation sites is 1. The molecule has 0 aliphatic rings. The maximum absolute atomic E-state index is 2.47. The van der Waals surface area contributed by atoms with E-state index >= 15 is 0 Å². The Bertz CT molecular complexity index is 3200. The van der Waals surface area contributed by atoms with Crippen molar-refractivity contribution in [3.05, 3.63) is 200 Å². The second-order valence-electron chi connectivity index (χ2n) is 14.1. The Morgan fingerprint density at radius 2 is 0.944 bits per heavy atom. The van der Waals surface area contributed by atoms with E-state index in [0.29, 0.717) is 0 Å². The summed E-state index contributed by atoms with van der Waals surface area (Å²) in [6, 6.07) is 73.5. The van der Waals surface area contributed by atoms with Crippen LogP contribution in [-0.2, 0) is 0 Å². The van der Waals surface area contributed by atoms with Gasteiger partial charge < -0.3 is 4.90 Å². The topological polar surface area (TPSA) is 3.24 Å². The van der Waals surface area contributed by atoms with Gasteiger partial charge in [0, 0.05) is 31.4 Å². The summed E-state index contributed by atoms with van der Waals surface area (Å²) >= 11 is 1.87. The molecule has 0 N–H and O–H groups in total. The summed E-state index contributed by atoms with van der Waals surface area (Å²) in [6.45, 7) is 0. The zero-order valence-electron chi connectivity index (χ0n) is 29.4. The minimum absolute atomic E-state index is 1.12. The van der Waals surface area contributed by atoms with Gasteiger partial charge in [0.25, 0.3) is 0 Å². The molecule has 0 aliphatic heterocycles. The van der Waals surface area contributed by atoms with E-state index in [1.807, 2.05) is 11.3 Å². The first-order valence-corrected chi connectivity index (χ1v) is 19.3. The van der Waals surface area contributed by atoms with Crippen LogP contribution < -0.4 is 4.90 Å². The molecule has 0 saturated carbocycles. The van der Waals surface area contributed by atoms with Crippen LogP contribution in [-0.4, -0.2) is 0 Å². The molecule has 2 heteroatoms. The van der Waals surface area contributed by atoms with Crippen LogP contribution in [0.2, 0.25) is 0 Å². The van der Waals surface area contributed by atoms with E-state index < -0.39 is 0 Å². The normalized spacial score (nSPS) is 11.7. The maximum atomic E-state index is 2.47. The summed E-state index contributed by atoms with van der Waals surface area (Å²) in [4.78, 5) is 2.47. The van der Waals surface area contributed by atoms with E-state index in [4.69, 9.17) is 0 Å². The summed E-state index contributed by atoms with van der Waals surface area (Å²) in [5.41, 5.74) is 8.26. The van der Waals surface area contributed by atoms with E-state index in [0.717, 1.165) is 11.4 Å². The Morgan fingerprint density at radius 3 is 1.76 bits per heavy atom. The standard InChI is InChI=1S/C52H33NS/c1-2-13-34(14-3-1)41-19-10-11-22-47(41)53(48-23-12-24-49-52(48)46-31-37-16-4-5-17-38(37)33-50(46)54-49)40-28-25-36(26-29-40)45-32-39-18-7-9-21-43(39)51-42-20-8-6-15-35(42)27-30-44(45)51/h1-33H. The van der Waals surface area contributed by atoms with Crippen molar-refractivity contribution in [3.8, 4) is 22.3 Å². The second kappa shape index (κ2) is 12.4. The molecule has 0 aliphatic carbocycles. The number of nitrogens with zero attached hydrogens (tertiary/aromatic N) is 1. The van der Waals surface area contributed by atoms with Crippen molar-refractivity contribution in [1.29, 1.82) is 0 Å². The minimum Gasteiger partial charge on any atom is -0.309 e. The van der Waals surface area contributed by atoms with E-state index in [2.05, 4.69) is 205 Å². The highest BCUT2D eigenvalue weighted by Crippen LogP contribution is 2.48. The van der Waals surface area contributed by atoms with Gasteiger partial charge in [0.15, 0.2) is 0 Å². The fraction of sp³-hybridized carbons (Fsp3) is 0. The smallest absolute Gasteiger partial charge is 0.0555 e. The summed E-state index contributed by atoms with van der Waals surface area (Å²) in [5, 5.41) is 12.8. The lowest BCUT2D eigenvalue weighted by molar-refractivity contribution is 1.30. The van der Waals surface area contributed by atoms with E-state index in [1.165, 1.54) is 91.2 Å². The molecule has 0 fully saturated rings. The van der Waals surface area contributed by atoms with Gasteiger partial charge in [-0.2, -0.15) is 0 Å². The third-order valence-corrected chi connectivity index (χ3v) is 12.1. The highest BCUT2D eigenvalue weighted by molar-refractivity contribution is 7.26. The summed E-state index contributed by atoms with van der Waals surface area (Å²) in [7, 11) is 0. The molecule has 0 saturated heterocycles. The first-order chi connectivity index (χ1) is 26.8. The zero-order valence-corrected chi connectivity index (χ0v) is 30.2. The Kier molecular flexibility index (Phi) is 7.11. The number of thiophene rings is 1. The number of rotatable bonds is 5. The van der Waals surface area contributed by atoms with Crippen molar-refractivity contribution >= 4 is 91.7 Å². The number of anilines is 3. The Labute approximate surface area is 317 Å². The third kappa shape index (κ3) is 4.92. The van der Waals surface area contributed by atoms with Crippen LogP contribution in [0.1, 0.15) is 0 Å². The first kappa shape index (κ1) is 30.8. The van der Waals surface area contributed by atoms with Gasteiger partial charge in [0.05, 0.1) is 11.4 Å². The van der Waals surface area contributed by atoms with Gasteiger partial charge in [-0.1, -0.05) is 152 Å². The van der Waals surface area contributed by atoms with Gasteiger partial charge in [-0.3, -0.25) is 0 Å². The van der Waals surface area contributed by atoms with Gasteiger partial charge in [0.2, 0.25) is 0 Å². The molecule has 252 valence electrons. The van der Waals surface area contributed by atoms with Crippen molar-refractivity contribution in [2.45, 2.75) is 0 Å². The molecule has 0 atom stereocenters. The van der Waals surface area contributed by atoms with E-state index in [-0.39, 0.29) is 0 Å². The molecule has 0 radical (unpaired) electrons. The lowest BCUT2D eigenvalue weighted by Crippen LogP contribution is -2.11. The average molecular weight is 704 g/mol. The highest BCUT2D eigenvalue weighted by Gasteiger charge is 2.22. The Morgan fingerprint density at radius 1 is 0.315 bits per heavy atom. The molecule has 0 amide bonds. The van der Waals surface area contributed by atoms with Gasteiger partial charge >= 0.3 is 0 Å². The van der Waals surface area contributed by atoms with Crippen LogP contribution in [0.15, 0.2) is 200 Å². The Hall–Kier alpha value is -6.74. The number of fused-ring (bicyclic) bond motifs is 9. The van der Waals surface area contributed by atoms with Crippen molar-refractivity contribution in [3.63, 3.8) is 0 Å². The molecule has 0 bridgehead atoms. The van der Waals surface area contributed by atoms with Crippen LogP contribution >= 0.6 is 11.3 Å². The minimum atomic E-state index is 1.12. The van der Waals surface area contributed by atoms with Crippen LogP contribution in [0, 0.1) is 0 Å². The highest BCUT2D eigenvalue weighted by atomic mass is 32.1. The molecule has 1 nitrogen and oxygen atoms in total. The van der Waals surface area contributed by atoms with Gasteiger partial charge in [0.1, 0.15) is 0 Å². The largest absolute Gasteiger partial charge is 0.309 e. The molecule has 11 rings (SSSR count). The monoisotopic (exact) mass is 703 g/mol. The lowest BCUT2D eigenvalue weighted by atomic mass is 9.90. The summed E-state index contributed by atoms with van der Waals surface area (Å²) in [6.07, 6.45) is 0. The molecule has 10 aromatic carbocycles. The first-order valence-electron chi connectivity index (χ1n) is 18.5. The number of hydrogen-bond donors (Lipinski definition) is 0. The molecule has 11 aromatic rings. The molecule has 54 heavy (non-hydrogen) atoms.